The minimum Gasteiger partial charge on any atom is -0.378 e. The lowest BCUT2D eigenvalue weighted by atomic mass is 9.92. The number of benzene rings is 1. The molecule has 6 heteroatoms. The van der Waals surface area contributed by atoms with Gasteiger partial charge in [-0.05, 0) is 48.4 Å². The first kappa shape index (κ1) is 21.6. The molecule has 164 valence electrons. The first-order valence-electron chi connectivity index (χ1n) is 10.9. The van der Waals surface area contributed by atoms with Gasteiger partial charge in [0.05, 0.1) is 5.69 Å². The number of carbonyl (C=O) groups is 1. The second-order valence-electron chi connectivity index (χ2n) is 8.23. The Morgan fingerprint density at radius 1 is 1.06 bits per heavy atom. The number of imidazole rings is 1. The molecular formula is C26H29N5O. The molecular weight excluding hydrogens is 398 g/mol. The van der Waals surface area contributed by atoms with E-state index in [2.05, 4.69) is 61.8 Å². The van der Waals surface area contributed by atoms with E-state index in [1.807, 2.05) is 50.8 Å². The number of nitrogens with zero attached hydrogens (tertiary/aromatic N) is 4. The minimum atomic E-state index is -0.0992. The lowest BCUT2D eigenvalue weighted by Crippen LogP contribution is -2.28. The molecule has 32 heavy (non-hydrogen) atoms. The van der Waals surface area contributed by atoms with E-state index < -0.39 is 0 Å². The van der Waals surface area contributed by atoms with Crippen molar-refractivity contribution in [2.24, 2.45) is 0 Å². The van der Waals surface area contributed by atoms with Gasteiger partial charge >= 0.3 is 0 Å². The normalized spacial score (nSPS) is 12.0. The number of aromatic nitrogens is 3. The summed E-state index contributed by atoms with van der Waals surface area (Å²) in [5.41, 5.74) is 6.25. The van der Waals surface area contributed by atoms with Crippen LogP contribution in [0, 0.1) is 6.92 Å². The van der Waals surface area contributed by atoms with Crippen molar-refractivity contribution in [3.05, 3.63) is 95.7 Å². The highest BCUT2D eigenvalue weighted by Gasteiger charge is 2.22. The first-order chi connectivity index (χ1) is 15.5. The van der Waals surface area contributed by atoms with Crippen molar-refractivity contribution in [1.82, 2.24) is 19.7 Å². The first-order valence-corrected chi connectivity index (χ1v) is 10.9. The summed E-state index contributed by atoms with van der Waals surface area (Å²) >= 11 is 0. The number of pyridine rings is 2. The van der Waals surface area contributed by atoms with Crippen LogP contribution >= 0.6 is 0 Å². The van der Waals surface area contributed by atoms with Crippen LogP contribution in [0.5, 0.6) is 0 Å². The fourth-order valence-corrected chi connectivity index (χ4v) is 3.96. The molecule has 0 saturated carbocycles. The fourth-order valence-electron chi connectivity index (χ4n) is 3.96. The molecule has 0 spiro atoms. The highest BCUT2D eigenvalue weighted by molar-refractivity contribution is 5.77. The number of fused-ring (bicyclic) bond motifs is 1. The Morgan fingerprint density at radius 3 is 2.59 bits per heavy atom. The van der Waals surface area contributed by atoms with Crippen LogP contribution in [0.3, 0.4) is 0 Å². The molecule has 1 amide bonds. The van der Waals surface area contributed by atoms with Crippen LogP contribution in [0.15, 0.2) is 73.2 Å². The van der Waals surface area contributed by atoms with E-state index in [0.29, 0.717) is 19.4 Å². The zero-order chi connectivity index (χ0) is 22.5. The number of anilines is 1. The molecule has 0 bridgehead atoms. The van der Waals surface area contributed by atoms with Gasteiger partial charge in [-0.1, -0.05) is 24.3 Å². The number of hydrogen-bond acceptors (Lipinski definition) is 4. The third-order valence-corrected chi connectivity index (χ3v) is 5.75. The summed E-state index contributed by atoms with van der Waals surface area (Å²) in [7, 11) is 4.05. The number of carbonyl (C=O) groups excluding carboxylic acids is 1. The Balaban J connectivity index is 1.57. The number of amides is 1. The summed E-state index contributed by atoms with van der Waals surface area (Å²) in [6.45, 7) is 2.62. The van der Waals surface area contributed by atoms with E-state index in [1.165, 1.54) is 0 Å². The van der Waals surface area contributed by atoms with Gasteiger partial charge in [-0.25, -0.2) is 4.98 Å². The van der Waals surface area contributed by atoms with E-state index in [-0.39, 0.29) is 11.8 Å². The average molecular weight is 428 g/mol. The zero-order valence-electron chi connectivity index (χ0n) is 18.8. The number of hydrogen-bond donors (Lipinski definition) is 1. The lowest BCUT2D eigenvalue weighted by molar-refractivity contribution is -0.121. The van der Waals surface area contributed by atoms with Crippen LogP contribution in [0.25, 0.3) is 5.65 Å². The van der Waals surface area contributed by atoms with Crippen molar-refractivity contribution in [2.45, 2.75) is 25.7 Å². The standard InChI is InChI=1S/C26H29N5O/c1-19-7-6-16-31-24(18-29-26(19)31)23(20-9-11-22(12-10-20)30(2)3)17-25(32)28-15-13-21-8-4-5-14-27-21/h4-12,14,16,18,23H,13,15,17H2,1-3H3,(H,28,32). The molecule has 0 fully saturated rings. The second kappa shape index (κ2) is 9.64. The van der Waals surface area contributed by atoms with Crippen molar-refractivity contribution in [2.75, 3.05) is 25.5 Å². The van der Waals surface area contributed by atoms with Gasteiger partial charge < -0.3 is 14.6 Å². The molecule has 3 heterocycles. The molecule has 0 aliphatic carbocycles. The van der Waals surface area contributed by atoms with Gasteiger partial charge in [0.15, 0.2) is 0 Å². The molecule has 0 radical (unpaired) electrons. The predicted octanol–water partition coefficient (Wildman–Crippen LogP) is 3.98. The Labute approximate surface area is 188 Å². The van der Waals surface area contributed by atoms with E-state index in [9.17, 15) is 4.79 Å². The summed E-state index contributed by atoms with van der Waals surface area (Å²) < 4.78 is 2.10. The summed E-state index contributed by atoms with van der Waals surface area (Å²) in [6.07, 6.45) is 6.75. The maximum absolute atomic E-state index is 12.9. The van der Waals surface area contributed by atoms with Gasteiger partial charge in [-0.2, -0.15) is 0 Å². The Bertz CT molecular complexity index is 1180. The van der Waals surface area contributed by atoms with Crippen LogP contribution in [-0.2, 0) is 11.2 Å². The molecule has 0 aliphatic heterocycles. The van der Waals surface area contributed by atoms with Crippen LogP contribution in [0.1, 0.15) is 34.9 Å². The summed E-state index contributed by atoms with van der Waals surface area (Å²) in [5, 5.41) is 3.07. The second-order valence-corrected chi connectivity index (χ2v) is 8.23. The van der Waals surface area contributed by atoms with Crippen LogP contribution in [0.2, 0.25) is 0 Å². The van der Waals surface area contributed by atoms with Crippen LogP contribution in [-0.4, -0.2) is 40.9 Å². The molecule has 1 N–H and O–H groups in total. The van der Waals surface area contributed by atoms with Crippen LogP contribution < -0.4 is 10.2 Å². The Morgan fingerprint density at radius 2 is 1.88 bits per heavy atom. The quantitative estimate of drug-likeness (QED) is 0.462. The number of rotatable bonds is 8. The van der Waals surface area contributed by atoms with Crippen molar-refractivity contribution in [3.8, 4) is 0 Å². The van der Waals surface area contributed by atoms with E-state index in [4.69, 9.17) is 0 Å². The summed E-state index contributed by atoms with van der Waals surface area (Å²) in [4.78, 5) is 23.9. The van der Waals surface area contributed by atoms with Gasteiger partial charge in [-0.15, -0.1) is 0 Å². The zero-order valence-corrected chi connectivity index (χ0v) is 18.8. The van der Waals surface area contributed by atoms with Gasteiger partial charge in [0.25, 0.3) is 0 Å². The molecule has 3 aromatic heterocycles. The fraction of sp³-hybridized carbons (Fsp3) is 0.269. The van der Waals surface area contributed by atoms with Gasteiger partial charge in [0.2, 0.25) is 5.91 Å². The Hall–Kier alpha value is -3.67. The smallest absolute Gasteiger partial charge is 0.221 e. The maximum Gasteiger partial charge on any atom is 0.221 e. The Kier molecular flexibility index (Phi) is 6.50. The number of nitrogens with one attached hydrogen (secondary N) is 1. The molecule has 4 aromatic rings. The molecule has 0 aliphatic rings. The third kappa shape index (κ3) is 4.80. The highest BCUT2D eigenvalue weighted by Crippen LogP contribution is 2.30. The maximum atomic E-state index is 12.9. The van der Waals surface area contributed by atoms with E-state index in [0.717, 1.165) is 33.8 Å². The van der Waals surface area contributed by atoms with Gasteiger partial charge in [0.1, 0.15) is 5.65 Å². The molecule has 4 rings (SSSR count). The largest absolute Gasteiger partial charge is 0.378 e. The molecule has 0 saturated heterocycles. The third-order valence-electron chi connectivity index (χ3n) is 5.75. The summed E-state index contributed by atoms with van der Waals surface area (Å²) in [5.74, 6) is -0.0805. The average Bonchev–Trinajstić information content (AvgIpc) is 3.23. The molecule has 6 nitrogen and oxygen atoms in total. The van der Waals surface area contributed by atoms with Crippen molar-refractivity contribution in [1.29, 1.82) is 0 Å². The summed E-state index contributed by atoms with van der Waals surface area (Å²) in [6, 6.07) is 18.3. The van der Waals surface area contributed by atoms with Crippen molar-refractivity contribution < 1.29 is 4.79 Å². The predicted molar refractivity (Wildman–Crippen MR) is 128 cm³/mol. The SMILES string of the molecule is Cc1cccn2c(C(CC(=O)NCCc3ccccn3)c3ccc(N(C)C)cc3)cnc12. The van der Waals surface area contributed by atoms with Gasteiger partial charge in [-0.3, -0.25) is 9.78 Å². The monoisotopic (exact) mass is 427 g/mol. The van der Waals surface area contributed by atoms with E-state index in [1.54, 1.807) is 6.20 Å². The van der Waals surface area contributed by atoms with Crippen molar-refractivity contribution in [3.63, 3.8) is 0 Å². The molecule has 1 atom stereocenters. The topological polar surface area (TPSA) is 62.5 Å². The molecule has 1 unspecified atom stereocenters. The highest BCUT2D eigenvalue weighted by atomic mass is 16.1. The van der Waals surface area contributed by atoms with Gasteiger partial charge in [0, 0.05) is 69.4 Å². The minimum absolute atomic E-state index is 0.0187. The number of aryl methyl sites for hydroxylation is 1. The van der Waals surface area contributed by atoms with E-state index >= 15 is 0 Å². The van der Waals surface area contributed by atoms with Crippen LogP contribution in [0.4, 0.5) is 5.69 Å². The molecule has 1 aromatic carbocycles. The lowest BCUT2D eigenvalue weighted by Gasteiger charge is -2.19. The van der Waals surface area contributed by atoms with Crippen molar-refractivity contribution >= 4 is 17.2 Å².